The monoisotopic (exact) mass is 295 g/mol. The molecule has 4 rings (SSSR count). The summed E-state index contributed by atoms with van der Waals surface area (Å²) in [6.07, 6.45) is 4.14. The number of aryl methyl sites for hydroxylation is 1. The molecule has 7 nitrogen and oxygen atoms in total. The van der Waals surface area contributed by atoms with Crippen molar-refractivity contribution in [3.8, 4) is 0 Å². The summed E-state index contributed by atoms with van der Waals surface area (Å²) < 4.78 is 1.75. The van der Waals surface area contributed by atoms with Crippen LogP contribution in [-0.4, -0.2) is 25.6 Å². The van der Waals surface area contributed by atoms with Crippen LogP contribution in [0.5, 0.6) is 0 Å². The van der Waals surface area contributed by atoms with Gasteiger partial charge in [0.1, 0.15) is 0 Å². The molecule has 22 heavy (non-hydrogen) atoms. The molecule has 4 N–H and O–H groups in total. The zero-order chi connectivity index (χ0) is 15.1. The van der Waals surface area contributed by atoms with Gasteiger partial charge in [-0.15, -0.1) is 0 Å². The molecule has 1 fully saturated rings. The van der Waals surface area contributed by atoms with Gasteiger partial charge in [-0.3, -0.25) is 0 Å². The van der Waals surface area contributed by atoms with Crippen molar-refractivity contribution in [3.05, 3.63) is 36.0 Å². The van der Waals surface area contributed by atoms with Gasteiger partial charge >= 0.3 is 0 Å². The van der Waals surface area contributed by atoms with E-state index in [2.05, 4.69) is 25.7 Å². The molecule has 0 radical (unpaired) electrons. The smallest absolute Gasteiger partial charge is 0.232 e. The summed E-state index contributed by atoms with van der Waals surface area (Å²) in [6, 6.07) is 8.01. The number of nitrogens with one attached hydrogen (secondary N) is 2. The molecule has 1 aliphatic carbocycles. The maximum absolute atomic E-state index is 5.81. The Balaban J connectivity index is 1.74. The predicted molar refractivity (Wildman–Crippen MR) is 86.3 cm³/mol. The van der Waals surface area contributed by atoms with Crippen LogP contribution in [-0.2, 0) is 0 Å². The van der Waals surface area contributed by atoms with E-state index in [0.717, 1.165) is 16.9 Å². The van der Waals surface area contributed by atoms with Gasteiger partial charge in [0, 0.05) is 23.0 Å². The Labute approximate surface area is 127 Å². The lowest BCUT2D eigenvalue weighted by atomic mass is 10.3. The van der Waals surface area contributed by atoms with Crippen LogP contribution >= 0.6 is 0 Å². The quantitative estimate of drug-likeness (QED) is 0.640. The first-order valence-electron chi connectivity index (χ1n) is 7.30. The number of aromatic nitrogens is 4. The lowest BCUT2D eigenvalue weighted by Crippen LogP contribution is -2.12. The minimum Gasteiger partial charge on any atom is -0.399 e. The van der Waals surface area contributed by atoms with Crippen LogP contribution in [0.2, 0.25) is 0 Å². The average Bonchev–Trinajstić information content (AvgIpc) is 3.22. The van der Waals surface area contributed by atoms with E-state index < -0.39 is 0 Å². The number of anilines is 4. The van der Waals surface area contributed by atoms with Crippen molar-refractivity contribution in [2.75, 3.05) is 16.4 Å². The lowest BCUT2D eigenvalue weighted by molar-refractivity contribution is 0.883. The van der Waals surface area contributed by atoms with Gasteiger partial charge in [-0.05, 0) is 38.0 Å². The van der Waals surface area contributed by atoms with Crippen molar-refractivity contribution in [2.24, 2.45) is 0 Å². The van der Waals surface area contributed by atoms with Gasteiger partial charge in [0.2, 0.25) is 11.9 Å². The zero-order valence-electron chi connectivity index (χ0n) is 12.2. The van der Waals surface area contributed by atoms with Crippen molar-refractivity contribution in [1.82, 2.24) is 19.6 Å². The molecule has 3 aromatic rings. The molecular weight excluding hydrogens is 278 g/mol. The van der Waals surface area contributed by atoms with Crippen LogP contribution < -0.4 is 16.4 Å². The molecule has 0 saturated heterocycles. The van der Waals surface area contributed by atoms with Gasteiger partial charge in [-0.2, -0.15) is 19.6 Å². The summed E-state index contributed by atoms with van der Waals surface area (Å²) in [5.74, 6) is 1.25. The number of rotatable bonds is 4. The number of benzene rings is 1. The molecule has 0 aliphatic heterocycles. The molecule has 7 heteroatoms. The van der Waals surface area contributed by atoms with E-state index in [-0.39, 0.29) is 0 Å². The summed E-state index contributed by atoms with van der Waals surface area (Å²) in [6.45, 7) is 1.99. The predicted octanol–water partition coefficient (Wildman–Crippen LogP) is 2.33. The summed E-state index contributed by atoms with van der Waals surface area (Å²) in [7, 11) is 0. The Kier molecular flexibility index (Phi) is 2.85. The number of fused-ring (bicyclic) bond motifs is 1. The molecular formula is C15H17N7. The Morgan fingerprint density at radius 2 is 2.14 bits per heavy atom. The van der Waals surface area contributed by atoms with E-state index >= 15 is 0 Å². The van der Waals surface area contributed by atoms with E-state index in [0.29, 0.717) is 23.6 Å². The van der Waals surface area contributed by atoms with Crippen molar-refractivity contribution < 1.29 is 0 Å². The second-order valence-corrected chi connectivity index (χ2v) is 5.60. The van der Waals surface area contributed by atoms with Crippen LogP contribution in [0.15, 0.2) is 30.5 Å². The molecule has 0 unspecified atom stereocenters. The molecule has 2 heterocycles. The second kappa shape index (κ2) is 4.87. The van der Waals surface area contributed by atoms with Crippen molar-refractivity contribution in [1.29, 1.82) is 0 Å². The standard InChI is InChI=1S/C15H17N7/c1-9-8-17-22-13(9)20-14(21-15(22)19-11-5-6-11)18-12-4-2-3-10(16)7-12/h2-4,7-8,11H,5-6,16H2,1H3,(H2,18,19,20,21). The summed E-state index contributed by atoms with van der Waals surface area (Å²) >= 11 is 0. The molecule has 0 bridgehead atoms. The average molecular weight is 295 g/mol. The molecule has 112 valence electrons. The van der Waals surface area contributed by atoms with Crippen molar-refractivity contribution in [3.63, 3.8) is 0 Å². The Bertz CT molecular complexity index is 835. The highest BCUT2D eigenvalue weighted by molar-refractivity contribution is 5.62. The van der Waals surface area contributed by atoms with Gasteiger partial charge in [-0.1, -0.05) is 6.07 Å². The first-order valence-corrected chi connectivity index (χ1v) is 7.30. The van der Waals surface area contributed by atoms with Gasteiger partial charge in [-0.25, -0.2) is 0 Å². The number of hydrogen-bond acceptors (Lipinski definition) is 6. The van der Waals surface area contributed by atoms with E-state index in [1.54, 1.807) is 10.7 Å². The Morgan fingerprint density at radius 1 is 1.27 bits per heavy atom. The first-order chi connectivity index (χ1) is 10.7. The summed E-state index contributed by atoms with van der Waals surface area (Å²) in [4.78, 5) is 9.09. The fourth-order valence-electron chi connectivity index (χ4n) is 2.29. The van der Waals surface area contributed by atoms with E-state index in [1.165, 1.54) is 12.8 Å². The van der Waals surface area contributed by atoms with Crippen molar-refractivity contribution in [2.45, 2.75) is 25.8 Å². The third-order valence-corrected chi connectivity index (χ3v) is 3.60. The summed E-state index contributed by atoms with van der Waals surface area (Å²) in [5, 5.41) is 10.9. The zero-order valence-corrected chi connectivity index (χ0v) is 12.2. The van der Waals surface area contributed by atoms with Gasteiger partial charge in [0.05, 0.1) is 6.20 Å². The highest BCUT2D eigenvalue weighted by Gasteiger charge is 2.23. The normalized spacial score (nSPS) is 14.2. The Morgan fingerprint density at radius 3 is 2.91 bits per heavy atom. The maximum atomic E-state index is 5.81. The number of hydrogen-bond donors (Lipinski definition) is 3. The van der Waals surface area contributed by atoms with Crippen molar-refractivity contribution >= 4 is 28.9 Å². The van der Waals surface area contributed by atoms with Gasteiger partial charge in [0.15, 0.2) is 5.65 Å². The summed E-state index contributed by atoms with van der Waals surface area (Å²) in [5.41, 5.74) is 9.17. The fourth-order valence-corrected chi connectivity index (χ4v) is 2.29. The second-order valence-electron chi connectivity index (χ2n) is 5.60. The van der Waals surface area contributed by atoms with Crippen LogP contribution in [0.3, 0.4) is 0 Å². The maximum Gasteiger partial charge on any atom is 0.232 e. The number of nitrogens with two attached hydrogens (primary N) is 1. The largest absolute Gasteiger partial charge is 0.399 e. The molecule has 2 aromatic heterocycles. The van der Waals surface area contributed by atoms with E-state index in [4.69, 9.17) is 5.73 Å². The van der Waals surface area contributed by atoms with Crippen LogP contribution in [0.25, 0.3) is 5.65 Å². The first kappa shape index (κ1) is 12.9. The molecule has 1 saturated carbocycles. The molecule has 1 aromatic carbocycles. The van der Waals surface area contributed by atoms with Gasteiger partial charge in [0.25, 0.3) is 0 Å². The molecule has 0 spiro atoms. The van der Waals surface area contributed by atoms with E-state index in [1.807, 2.05) is 31.2 Å². The minimum atomic E-state index is 0.489. The Hall–Kier alpha value is -2.83. The molecule has 0 atom stereocenters. The number of nitrogen functional groups attached to an aromatic ring is 1. The topological polar surface area (TPSA) is 93.2 Å². The van der Waals surface area contributed by atoms with Crippen LogP contribution in [0.1, 0.15) is 18.4 Å². The third kappa shape index (κ3) is 2.41. The highest BCUT2D eigenvalue weighted by atomic mass is 15.4. The highest BCUT2D eigenvalue weighted by Crippen LogP contribution is 2.25. The minimum absolute atomic E-state index is 0.489. The lowest BCUT2D eigenvalue weighted by Gasteiger charge is -2.10. The molecule has 0 amide bonds. The van der Waals surface area contributed by atoms with Crippen LogP contribution in [0, 0.1) is 6.92 Å². The van der Waals surface area contributed by atoms with Gasteiger partial charge < -0.3 is 16.4 Å². The molecule has 1 aliphatic rings. The van der Waals surface area contributed by atoms with E-state index in [9.17, 15) is 0 Å². The van der Waals surface area contributed by atoms with Crippen LogP contribution in [0.4, 0.5) is 23.3 Å². The third-order valence-electron chi connectivity index (χ3n) is 3.60. The SMILES string of the molecule is Cc1cnn2c(NC3CC3)nc(Nc3cccc(N)c3)nc12. The number of nitrogens with zero attached hydrogens (tertiary/aromatic N) is 4. The fraction of sp³-hybridized carbons (Fsp3) is 0.267.